The molecule has 7 nitrogen and oxygen atoms in total. The number of pyridine rings is 1. The Balaban J connectivity index is 1.47. The lowest BCUT2D eigenvalue weighted by atomic mass is 10.2. The lowest BCUT2D eigenvalue weighted by molar-refractivity contribution is -0.131. The van der Waals surface area contributed by atoms with Gasteiger partial charge in [0.15, 0.2) is 6.10 Å². The molecule has 0 bridgehead atoms. The van der Waals surface area contributed by atoms with Gasteiger partial charge in [-0.25, -0.2) is 4.98 Å². The van der Waals surface area contributed by atoms with Crippen molar-refractivity contribution in [1.82, 2.24) is 14.3 Å². The first kappa shape index (κ1) is 17.2. The van der Waals surface area contributed by atoms with Gasteiger partial charge in [-0.05, 0) is 30.7 Å². The number of carbonyl (C=O) groups excluding carboxylic acids is 2. The van der Waals surface area contributed by atoms with E-state index in [0.29, 0.717) is 24.5 Å². The predicted octanol–water partition coefficient (Wildman–Crippen LogP) is 2.12. The van der Waals surface area contributed by atoms with Crippen LogP contribution < -0.4 is 5.32 Å². The van der Waals surface area contributed by atoms with E-state index >= 15 is 0 Å². The second-order valence-electron chi connectivity index (χ2n) is 6.51. The highest BCUT2D eigenvalue weighted by Crippen LogP contribution is 2.15. The summed E-state index contributed by atoms with van der Waals surface area (Å²) in [6.45, 7) is 2.89. The van der Waals surface area contributed by atoms with Crippen LogP contribution in [0, 0.1) is 6.92 Å². The molecule has 2 aromatic heterocycles. The first-order valence-electron chi connectivity index (χ1n) is 8.83. The van der Waals surface area contributed by atoms with Gasteiger partial charge in [0.1, 0.15) is 11.3 Å². The van der Waals surface area contributed by atoms with Crippen molar-refractivity contribution in [3.8, 4) is 0 Å². The van der Waals surface area contributed by atoms with Gasteiger partial charge in [-0.15, -0.1) is 0 Å². The van der Waals surface area contributed by atoms with Crippen LogP contribution in [0.1, 0.15) is 16.1 Å². The second-order valence-corrected chi connectivity index (χ2v) is 6.51. The maximum atomic E-state index is 12.9. The zero-order valence-electron chi connectivity index (χ0n) is 15.0. The minimum absolute atomic E-state index is 0.195. The molecule has 0 radical (unpaired) electrons. The Kier molecular flexibility index (Phi) is 4.60. The number of nitrogens with zero attached hydrogens (tertiary/aromatic N) is 3. The molecule has 2 amide bonds. The summed E-state index contributed by atoms with van der Waals surface area (Å²) in [5, 5.41) is 2.82. The van der Waals surface area contributed by atoms with Crippen LogP contribution >= 0.6 is 0 Å². The number of ether oxygens (including phenoxy) is 1. The summed E-state index contributed by atoms with van der Waals surface area (Å²) in [5.74, 6) is -0.455. The third-order valence-corrected chi connectivity index (χ3v) is 4.58. The molecular formula is C20H20N4O3. The third-order valence-electron chi connectivity index (χ3n) is 4.58. The van der Waals surface area contributed by atoms with Crippen molar-refractivity contribution < 1.29 is 14.3 Å². The lowest BCUT2D eigenvalue weighted by Crippen LogP contribution is -2.50. The van der Waals surface area contributed by atoms with Gasteiger partial charge in [0, 0.05) is 24.6 Å². The molecular weight excluding hydrogens is 344 g/mol. The van der Waals surface area contributed by atoms with E-state index in [2.05, 4.69) is 10.3 Å². The van der Waals surface area contributed by atoms with Crippen LogP contribution in [0.5, 0.6) is 0 Å². The summed E-state index contributed by atoms with van der Waals surface area (Å²) in [6.07, 6.45) is 2.88. The number of carbonyl (C=O) groups is 2. The Bertz CT molecular complexity index is 983. The highest BCUT2D eigenvalue weighted by molar-refractivity contribution is 5.96. The molecule has 4 rings (SSSR count). The van der Waals surface area contributed by atoms with Gasteiger partial charge in [-0.3, -0.25) is 9.59 Å². The van der Waals surface area contributed by atoms with Gasteiger partial charge < -0.3 is 19.4 Å². The fourth-order valence-electron chi connectivity index (χ4n) is 3.16. The van der Waals surface area contributed by atoms with Crippen molar-refractivity contribution in [1.29, 1.82) is 0 Å². The third kappa shape index (κ3) is 3.54. The molecule has 1 aliphatic heterocycles. The Morgan fingerprint density at radius 2 is 2.00 bits per heavy atom. The number of hydrogen-bond acceptors (Lipinski definition) is 4. The van der Waals surface area contributed by atoms with Gasteiger partial charge in [0.25, 0.3) is 11.8 Å². The Morgan fingerprint density at radius 3 is 2.78 bits per heavy atom. The van der Waals surface area contributed by atoms with Gasteiger partial charge in [0.05, 0.1) is 13.2 Å². The fraction of sp³-hybridized carbons (Fsp3) is 0.250. The molecule has 138 valence electrons. The summed E-state index contributed by atoms with van der Waals surface area (Å²) in [5.41, 5.74) is 2.82. The fourth-order valence-corrected chi connectivity index (χ4v) is 3.16. The van der Waals surface area contributed by atoms with Crippen molar-refractivity contribution in [2.24, 2.45) is 0 Å². The number of imidazole rings is 1. The summed E-state index contributed by atoms with van der Waals surface area (Å²) < 4.78 is 7.41. The van der Waals surface area contributed by atoms with Crippen molar-refractivity contribution in [3.05, 3.63) is 66.1 Å². The molecule has 7 heteroatoms. The van der Waals surface area contributed by atoms with E-state index in [0.717, 1.165) is 11.2 Å². The molecule has 1 atom stereocenters. The molecule has 1 aromatic carbocycles. The molecule has 0 spiro atoms. The molecule has 0 aliphatic carbocycles. The maximum absolute atomic E-state index is 12.9. The summed E-state index contributed by atoms with van der Waals surface area (Å²) in [4.78, 5) is 31.4. The van der Waals surface area contributed by atoms with E-state index in [1.165, 1.54) is 0 Å². The highest BCUT2D eigenvalue weighted by Gasteiger charge is 2.30. The molecule has 1 unspecified atom stereocenters. The number of morpholine rings is 1. The largest absolute Gasteiger partial charge is 0.365 e. The normalized spacial score (nSPS) is 17.1. The van der Waals surface area contributed by atoms with E-state index in [4.69, 9.17) is 4.74 Å². The van der Waals surface area contributed by atoms with Crippen molar-refractivity contribution in [2.45, 2.75) is 13.0 Å². The molecule has 3 aromatic rings. The number of aromatic nitrogens is 2. The van der Waals surface area contributed by atoms with Crippen molar-refractivity contribution in [3.63, 3.8) is 0 Å². The van der Waals surface area contributed by atoms with Gasteiger partial charge in [-0.2, -0.15) is 0 Å². The van der Waals surface area contributed by atoms with Gasteiger partial charge in [0.2, 0.25) is 0 Å². The molecule has 1 fully saturated rings. The van der Waals surface area contributed by atoms with Crippen molar-refractivity contribution >= 4 is 23.1 Å². The van der Waals surface area contributed by atoms with Crippen LogP contribution in [-0.4, -0.2) is 51.9 Å². The smallest absolute Gasteiger partial charge is 0.274 e. The monoisotopic (exact) mass is 364 g/mol. The SMILES string of the molecule is Cc1cccn2cc(C(=O)N3CCOC(C(=O)Nc4ccccc4)C3)nc12. The number of hydrogen-bond donors (Lipinski definition) is 1. The summed E-state index contributed by atoms with van der Waals surface area (Å²) >= 11 is 0. The predicted molar refractivity (Wildman–Crippen MR) is 101 cm³/mol. The molecule has 27 heavy (non-hydrogen) atoms. The van der Waals surface area contributed by atoms with Gasteiger partial charge in [-0.1, -0.05) is 24.3 Å². The lowest BCUT2D eigenvalue weighted by Gasteiger charge is -2.31. The second kappa shape index (κ2) is 7.20. The Hall–Kier alpha value is -3.19. The number of nitrogens with one attached hydrogen (secondary N) is 1. The van der Waals surface area contributed by atoms with E-state index in [-0.39, 0.29) is 18.4 Å². The van der Waals surface area contributed by atoms with Crippen LogP contribution in [0.3, 0.4) is 0 Å². The number of rotatable bonds is 3. The molecule has 1 saturated heterocycles. The Labute approximate surface area is 156 Å². The van der Waals surface area contributed by atoms with E-state index in [1.54, 1.807) is 11.1 Å². The van der Waals surface area contributed by atoms with E-state index < -0.39 is 6.10 Å². The average Bonchev–Trinajstić information content (AvgIpc) is 3.14. The topological polar surface area (TPSA) is 75.9 Å². The van der Waals surface area contributed by atoms with Crippen LogP contribution in [0.15, 0.2) is 54.9 Å². The van der Waals surface area contributed by atoms with Crippen LogP contribution in [0.25, 0.3) is 5.65 Å². The number of aryl methyl sites for hydroxylation is 1. The first-order valence-corrected chi connectivity index (χ1v) is 8.83. The van der Waals surface area contributed by atoms with Crippen molar-refractivity contribution in [2.75, 3.05) is 25.0 Å². The molecule has 1 aliphatic rings. The number of amides is 2. The molecule has 1 N–H and O–H groups in total. The number of fused-ring (bicyclic) bond motifs is 1. The standard InChI is InChI=1S/C20H20N4O3/c1-14-6-5-9-23-12-16(22-18(14)23)20(26)24-10-11-27-17(13-24)19(25)21-15-7-3-2-4-8-15/h2-9,12,17H,10-11,13H2,1H3,(H,21,25). The minimum atomic E-state index is -0.707. The summed E-state index contributed by atoms with van der Waals surface area (Å²) in [6, 6.07) is 13.1. The first-order chi connectivity index (χ1) is 13.1. The highest BCUT2D eigenvalue weighted by atomic mass is 16.5. The number of benzene rings is 1. The van der Waals surface area contributed by atoms with E-state index in [9.17, 15) is 9.59 Å². The minimum Gasteiger partial charge on any atom is -0.365 e. The van der Waals surface area contributed by atoms with Gasteiger partial charge >= 0.3 is 0 Å². The molecule has 3 heterocycles. The maximum Gasteiger partial charge on any atom is 0.274 e. The van der Waals surface area contributed by atoms with Crippen LogP contribution in [0.2, 0.25) is 0 Å². The van der Waals surface area contributed by atoms with Crippen LogP contribution in [0.4, 0.5) is 5.69 Å². The molecule has 0 saturated carbocycles. The zero-order valence-corrected chi connectivity index (χ0v) is 15.0. The van der Waals surface area contributed by atoms with Crippen LogP contribution in [-0.2, 0) is 9.53 Å². The number of para-hydroxylation sites is 1. The average molecular weight is 364 g/mol. The number of anilines is 1. The zero-order chi connectivity index (χ0) is 18.8. The summed E-state index contributed by atoms with van der Waals surface area (Å²) in [7, 11) is 0. The Morgan fingerprint density at radius 1 is 1.19 bits per heavy atom. The van der Waals surface area contributed by atoms with E-state index in [1.807, 2.05) is 60.0 Å². The quantitative estimate of drug-likeness (QED) is 0.772.